The number of carboxylic acids is 1. The zero-order valence-electron chi connectivity index (χ0n) is 13.8. The van der Waals surface area contributed by atoms with E-state index >= 15 is 0 Å². The van der Waals surface area contributed by atoms with Crippen LogP contribution in [0.1, 0.15) is 10.5 Å². The van der Waals surface area contributed by atoms with Crippen molar-refractivity contribution in [1.29, 1.82) is 0 Å². The fourth-order valence-corrected chi connectivity index (χ4v) is 2.54. The van der Waals surface area contributed by atoms with Crippen molar-refractivity contribution >= 4 is 5.97 Å². The molecule has 0 unspecified atom stereocenters. The number of aromatic nitrogens is 5. The van der Waals surface area contributed by atoms with E-state index < -0.39 is 11.8 Å². The Kier molecular flexibility index (Phi) is 4.13. The average Bonchev–Trinajstić information content (AvgIpc) is 3.19. The van der Waals surface area contributed by atoms with Gasteiger partial charge in [0, 0.05) is 35.8 Å². The summed E-state index contributed by atoms with van der Waals surface area (Å²) in [5, 5.41) is 9.08. The van der Waals surface area contributed by atoms with Crippen molar-refractivity contribution in [3.63, 3.8) is 0 Å². The molecule has 1 aromatic carbocycles. The standard InChI is InChI=1S/C19H12FN5O2/c20-14-5-1-3-12(7-14)18-23-15(13-4-2-6-21-9-13)8-17(24-18)25-10-16(19(26)27)22-11-25/h1-11H,(H,26,27). The van der Waals surface area contributed by atoms with Gasteiger partial charge in [-0.15, -0.1) is 0 Å². The molecule has 0 aliphatic carbocycles. The van der Waals surface area contributed by atoms with E-state index in [-0.39, 0.29) is 5.69 Å². The van der Waals surface area contributed by atoms with Gasteiger partial charge in [-0.3, -0.25) is 9.55 Å². The van der Waals surface area contributed by atoms with Gasteiger partial charge in [-0.2, -0.15) is 0 Å². The van der Waals surface area contributed by atoms with Crippen molar-refractivity contribution in [2.45, 2.75) is 0 Å². The molecule has 27 heavy (non-hydrogen) atoms. The summed E-state index contributed by atoms with van der Waals surface area (Å²) in [6, 6.07) is 11.3. The van der Waals surface area contributed by atoms with E-state index in [9.17, 15) is 9.18 Å². The van der Waals surface area contributed by atoms with Crippen LogP contribution in [0.3, 0.4) is 0 Å². The van der Waals surface area contributed by atoms with Gasteiger partial charge >= 0.3 is 5.97 Å². The van der Waals surface area contributed by atoms with Gasteiger partial charge in [0.25, 0.3) is 0 Å². The van der Waals surface area contributed by atoms with E-state index in [2.05, 4.69) is 19.9 Å². The minimum Gasteiger partial charge on any atom is -0.476 e. The highest BCUT2D eigenvalue weighted by Gasteiger charge is 2.13. The summed E-state index contributed by atoms with van der Waals surface area (Å²) in [5.41, 5.74) is 1.71. The van der Waals surface area contributed by atoms with E-state index in [1.807, 2.05) is 6.07 Å². The van der Waals surface area contributed by atoms with E-state index in [0.717, 1.165) is 5.56 Å². The lowest BCUT2D eigenvalue weighted by Crippen LogP contribution is -2.01. The van der Waals surface area contributed by atoms with Crippen LogP contribution in [0.25, 0.3) is 28.5 Å². The Hall–Kier alpha value is -3.94. The van der Waals surface area contributed by atoms with Crippen LogP contribution in [-0.4, -0.2) is 35.6 Å². The first kappa shape index (κ1) is 16.5. The Labute approximate surface area is 152 Å². The predicted molar refractivity (Wildman–Crippen MR) is 94.7 cm³/mol. The van der Waals surface area contributed by atoms with Gasteiger partial charge in [0.1, 0.15) is 18.0 Å². The average molecular weight is 361 g/mol. The van der Waals surface area contributed by atoms with Crippen molar-refractivity contribution in [2.24, 2.45) is 0 Å². The maximum atomic E-state index is 13.6. The quantitative estimate of drug-likeness (QED) is 0.600. The summed E-state index contributed by atoms with van der Waals surface area (Å²) < 4.78 is 15.1. The monoisotopic (exact) mass is 361 g/mol. The van der Waals surface area contributed by atoms with Crippen LogP contribution in [0.5, 0.6) is 0 Å². The highest BCUT2D eigenvalue weighted by atomic mass is 19.1. The number of rotatable bonds is 4. The molecule has 0 radical (unpaired) electrons. The molecule has 1 N–H and O–H groups in total. The molecule has 0 fully saturated rings. The summed E-state index contributed by atoms with van der Waals surface area (Å²) in [6.45, 7) is 0. The SMILES string of the molecule is O=C(O)c1cn(-c2cc(-c3cccnc3)nc(-c3cccc(F)c3)n2)cn1. The summed E-state index contributed by atoms with van der Waals surface area (Å²) in [4.78, 5) is 28.0. The summed E-state index contributed by atoms with van der Waals surface area (Å²) in [5.74, 6) is -0.833. The summed E-state index contributed by atoms with van der Waals surface area (Å²) in [7, 11) is 0. The number of imidazole rings is 1. The van der Waals surface area contributed by atoms with E-state index in [1.165, 1.54) is 29.2 Å². The first-order valence-corrected chi connectivity index (χ1v) is 7.93. The third-order valence-corrected chi connectivity index (χ3v) is 3.82. The fraction of sp³-hybridized carbons (Fsp3) is 0. The van der Waals surface area contributed by atoms with Crippen LogP contribution in [0, 0.1) is 5.82 Å². The number of hydrogen-bond acceptors (Lipinski definition) is 5. The smallest absolute Gasteiger partial charge is 0.356 e. The van der Waals surface area contributed by atoms with E-state index in [1.54, 1.807) is 36.7 Å². The molecule has 8 heteroatoms. The molecule has 0 saturated carbocycles. The zero-order valence-corrected chi connectivity index (χ0v) is 13.8. The van der Waals surface area contributed by atoms with Gasteiger partial charge in [-0.05, 0) is 24.3 Å². The van der Waals surface area contributed by atoms with Gasteiger partial charge in [-0.1, -0.05) is 12.1 Å². The maximum Gasteiger partial charge on any atom is 0.356 e. The summed E-state index contributed by atoms with van der Waals surface area (Å²) >= 11 is 0. The maximum absolute atomic E-state index is 13.6. The molecule has 0 spiro atoms. The number of pyridine rings is 1. The number of carbonyl (C=O) groups is 1. The fourth-order valence-electron chi connectivity index (χ4n) is 2.54. The highest BCUT2D eigenvalue weighted by molar-refractivity contribution is 5.85. The second-order valence-corrected chi connectivity index (χ2v) is 5.66. The van der Waals surface area contributed by atoms with Gasteiger partial charge in [0.05, 0.1) is 5.69 Å². The lowest BCUT2D eigenvalue weighted by Gasteiger charge is -2.09. The summed E-state index contributed by atoms with van der Waals surface area (Å²) in [6.07, 6.45) is 6.01. The zero-order chi connectivity index (χ0) is 18.8. The highest BCUT2D eigenvalue weighted by Crippen LogP contribution is 2.24. The second kappa shape index (κ2) is 6.75. The third-order valence-electron chi connectivity index (χ3n) is 3.82. The van der Waals surface area contributed by atoms with E-state index in [0.29, 0.717) is 22.9 Å². The lowest BCUT2D eigenvalue weighted by atomic mass is 10.1. The first-order chi connectivity index (χ1) is 13.1. The molecule has 4 aromatic rings. The van der Waals surface area contributed by atoms with Crippen molar-refractivity contribution in [2.75, 3.05) is 0 Å². The molecule has 7 nitrogen and oxygen atoms in total. The minimum absolute atomic E-state index is 0.108. The van der Waals surface area contributed by atoms with Gasteiger partial charge in [-0.25, -0.2) is 24.1 Å². The number of carboxylic acid groups (broad SMARTS) is 1. The molecule has 0 bridgehead atoms. The topological polar surface area (TPSA) is 93.8 Å². The Balaban J connectivity index is 1.90. The number of hydrogen-bond donors (Lipinski definition) is 1. The Morgan fingerprint density at radius 2 is 1.93 bits per heavy atom. The molecular weight excluding hydrogens is 349 g/mol. The van der Waals surface area contributed by atoms with Crippen molar-refractivity contribution in [3.8, 4) is 28.5 Å². The minimum atomic E-state index is -1.14. The van der Waals surface area contributed by atoms with Crippen molar-refractivity contribution in [1.82, 2.24) is 24.5 Å². The van der Waals surface area contributed by atoms with Crippen LogP contribution >= 0.6 is 0 Å². The Bertz CT molecular complexity index is 1130. The molecule has 0 saturated heterocycles. The molecule has 4 rings (SSSR count). The lowest BCUT2D eigenvalue weighted by molar-refractivity contribution is 0.0691. The number of aromatic carboxylic acids is 1. The molecule has 0 aliphatic rings. The van der Waals surface area contributed by atoms with Crippen LogP contribution in [0.15, 0.2) is 67.4 Å². The molecule has 3 heterocycles. The second-order valence-electron chi connectivity index (χ2n) is 5.66. The molecule has 3 aromatic heterocycles. The van der Waals surface area contributed by atoms with Crippen LogP contribution in [0.4, 0.5) is 4.39 Å². The van der Waals surface area contributed by atoms with E-state index in [4.69, 9.17) is 5.11 Å². The Morgan fingerprint density at radius 1 is 1.07 bits per heavy atom. The number of halogens is 1. The normalized spacial score (nSPS) is 10.7. The largest absolute Gasteiger partial charge is 0.476 e. The third kappa shape index (κ3) is 3.40. The molecule has 0 atom stereocenters. The van der Waals surface area contributed by atoms with Crippen molar-refractivity contribution in [3.05, 3.63) is 78.9 Å². The van der Waals surface area contributed by atoms with Crippen molar-refractivity contribution < 1.29 is 14.3 Å². The van der Waals surface area contributed by atoms with Crippen LogP contribution in [-0.2, 0) is 0 Å². The van der Waals surface area contributed by atoms with Gasteiger partial charge in [0.2, 0.25) is 0 Å². The molecule has 0 amide bonds. The van der Waals surface area contributed by atoms with Crippen LogP contribution < -0.4 is 0 Å². The van der Waals surface area contributed by atoms with Gasteiger partial charge in [0.15, 0.2) is 11.5 Å². The molecular formula is C19H12FN5O2. The Morgan fingerprint density at radius 3 is 2.63 bits per heavy atom. The van der Waals surface area contributed by atoms with Crippen LogP contribution in [0.2, 0.25) is 0 Å². The number of nitrogens with zero attached hydrogens (tertiary/aromatic N) is 5. The predicted octanol–water partition coefficient (Wildman–Crippen LogP) is 3.23. The first-order valence-electron chi connectivity index (χ1n) is 7.93. The number of benzene rings is 1. The molecule has 0 aliphatic heterocycles. The van der Waals surface area contributed by atoms with Gasteiger partial charge < -0.3 is 5.11 Å². The molecule has 132 valence electrons.